The maximum Gasteiger partial charge on any atom is 0.251 e. The molecule has 2 atom stereocenters. The van der Waals surface area contributed by atoms with Crippen LogP contribution in [0.5, 0.6) is 5.75 Å². The third kappa shape index (κ3) is 6.76. The number of amides is 2. The smallest absolute Gasteiger partial charge is 0.251 e. The summed E-state index contributed by atoms with van der Waals surface area (Å²) in [4.78, 5) is 28.0. The Morgan fingerprint density at radius 2 is 1.70 bits per heavy atom. The van der Waals surface area contributed by atoms with Gasteiger partial charge in [0.05, 0.1) is 26.4 Å². The highest BCUT2D eigenvalue weighted by Gasteiger charge is 2.28. The minimum Gasteiger partial charge on any atom is -0.497 e. The first-order valence-electron chi connectivity index (χ1n) is 11.2. The molecule has 7 nitrogen and oxygen atoms in total. The number of hydrogen-bond donors (Lipinski definition) is 2. The van der Waals surface area contributed by atoms with E-state index in [4.69, 9.17) is 9.47 Å². The van der Waals surface area contributed by atoms with Crippen LogP contribution in [-0.4, -0.2) is 62.7 Å². The van der Waals surface area contributed by atoms with Crippen molar-refractivity contribution in [3.05, 3.63) is 65.5 Å². The highest BCUT2D eigenvalue weighted by Crippen LogP contribution is 2.22. The quantitative estimate of drug-likeness (QED) is 0.605. The lowest BCUT2D eigenvalue weighted by atomic mass is 10.0. The van der Waals surface area contributed by atoms with Crippen LogP contribution in [0.4, 0.5) is 4.39 Å². The standard InChI is InChI=1S/C25H32FN3O4/c1-17(2)23(28-24(30)19-6-10-21(32-3)11-7-19)25(31)27-16-22(29-12-14-33-15-13-29)18-4-8-20(26)9-5-18/h4-11,17,22-23H,12-16H2,1-3H3,(H,27,31)(H,28,30). The van der Waals surface area contributed by atoms with E-state index in [1.165, 1.54) is 12.1 Å². The molecule has 0 saturated carbocycles. The highest BCUT2D eigenvalue weighted by molar-refractivity contribution is 5.97. The first-order chi connectivity index (χ1) is 15.9. The average Bonchev–Trinajstić information content (AvgIpc) is 2.84. The van der Waals surface area contributed by atoms with Gasteiger partial charge >= 0.3 is 0 Å². The van der Waals surface area contributed by atoms with Gasteiger partial charge in [-0.3, -0.25) is 14.5 Å². The summed E-state index contributed by atoms with van der Waals surface area (Å²) in [6.45, 7) is 6.78. The Labute approximate surface area is 194 Å². The van der Waals surface area contributed by atoms with Crippen LogP contribution in [0.15, 0.2) is 48.5 Å². The molecule has 33 heavy (non-hydrogen) atoms. The van der Waals surface area contributed by atoms with Gasteiger partial charge in [0.1, 0.15) is 17.6 Å². The summed E-state index contributed by atoms with van der Waals surface area (Å²) < 4.78 is 24.0. The molecule has 2 amide bonds. The topological polar surface area (TPSA) is 79.9 Å². The Hall–Kier alpha value is -2.97. The number of morpholine rings is 1. The van der Waals surface area contributed by atoms with Gasteiger partial charge in [-0.2, -0.15) is 0 Å². The molecule has 178 valence electrons. The molecule has 3 rings (SSSR count). The van der Waals surface area contributed by atoms with Crippen LogP contribution in [-0.2, 0) is 9.53 Å². The maximum atomic E-state index is 13.5. The van der Waals surface area contributed by atoms with E-state index >= 15 is 0 Å². The van der Waals surface area contributed by atoms with Crippen LogP contribution >= 0.6 is 0 Å². The summed E-state index contributed by atoms with van der Waals surface area (Å²) >= 11 is 0. The summed E-state index contributed by atoms with van der Waals surface area (Å²) in [7, 11) is 1.56. The molecule has 2 aromatic carbocycles. The lowest BCUT2D eigenvalue weighted by Crippen LogP contribution is -2.52. The van der Waals surface area contributed by atoms with E-state index in [1.807, 2.05) is 13.8 Å². The number of halogens is 1. The van der Waals surface area contributed by atoms with Crippen molar-refractivity contribution in [1.29, 1.82) is 0 Å². The van der Waals surface area contributed by atoms with Gasteiger partial charge < -0.3 is 20.1 Å². The molecule has 1 saturated heterocycles. The van der Waals surface area contributed by atoms with E-state index in [0.717, 1.165) is 18.7 Å². The van der Waals surface area contributed by atoms with Crippen LogP contribution in [0.2, 0.25) is 0 Å². The van der Waals surface area contributed by atoms with E-state index in [2.05, 4.69) is 15.5 Å². The summed E-state index contributed by atoms with van der Waals surface area (Å²) in [6, 6.07) is 12.2. The predicted molar refractivity (Wildman–Crippen MR) is 124 cm³/mol. The fourth-order valence-electron chi connectivity index (χ4n) is 3.84. The third-order valence-corrected chi connectivity index (χ3v) is 5.80. The van der Waals surface area contributed by atoms with Crippen molar-refractivity contribution in [2.45, 2.75) is 25.9 Å². The molecule has 0 aromatic heterocycles. The van der Waals surface area contributed by atoms with Crippen LogP contribution in [0.25, 0.3) is 0 Å². The third-order valence-electron chi connectivity index (χ3n) is 5.80. The van der Waals surface area contributed by atoms with Gasteiger partial charge in [0.2, 0.25) is 5.91 Å². The second-order valence-corrected chi connectivity index (χ2v) is 8.38. The van der Waals surface area contributed by atoms with Gasteiger partial charge in [0.15, 0.2) is 0 Å². The summed E-state index contributed by atoms with van der Waals surface area (Å²) in [5.41, 5.74) is 1.37. The lowest BCUT2D eigenvalue weighted by molar-refractivity contribution is -0.124. The van der Waals surface area contributed by atoms with Crippen molar-refractivity contribution < 1.29 is 23.5 Å². The lowest BCUT2D eigenvalue weighted by Gasteiger charge is -2.35. The first-order valence-corrected chi connectivity index (χ1v) is 11.2. The zero-order chi connectivity index (χ0) is 23.8. The summed E-state index contributed by atoms with van der Waals surface area (Å²) in [6.07, 6.45) is 0. The molecule has 0 spiro atoms. The van der Waals surface area contributed by atoms with Crippen molar-refractivity contribution in [2.75, 3.05) is 40.0 Å². The molecule has 0 bridgehead atoms. The van der Waals surface area contributed by atoms with Gasteiger partial charge in [-0.25, -0.2) is 4.39 Å². The predicted octanol–water partition coefficient (Wildman–Crippen LogP) is 2.78. The summed E-state index contributed by atoms with van der Waals surface area (Å²) in [5, 5.41) is 5.85. The number of rotatable bonds is 9. The van der Waals surface area contributed by atoms with Gasteiger partial charge in [0, 0.05) is 25.2 Å². The Morgan fingerprint density at radius 3 is 2.27 bits per heavy atom. The number of methoxy groups -OCH3 is 1. The minimum absolute atomic E-state index is 0.111. The molecular weight excluding hydrogens is 425 g/mol. The summed E-state index contributed by atoms with van der Waals surface area (Å²) in [5.74, 6) is -0.342. The number of hydrogen-bond acceptors (Lipinski definition) is 5. The minimum atomic E-state index is -0.696. The van der Waals surface area contributed by atoms with Crippen LogP contribution in [0.3, 0.4) is 0 Å². The molecule has 1 aliphatic rings. The van der Waals surface area contributed by atoms with E-state index in [-0.39, 0.29) is 29.6 Å². The monoisotopic (exact) mass is 457 g/mol. The van der Waals surface area contributed by atoms with Crippen molar-refractivity contribution >= 4 is 11.8 Å². The van der Waals surface area contributed by atoms with Crippen molar-refractivity contribution in [3.63, 3.8) is 0 Å². The number of benzene rings is 2. The zero-order valence-corrected chi connectivity index (χ0v) is 19.3. The molecule has 2 aromatic rings. The molecule has 1 heterocycles. The first kappa shape index (κ1) is 24.7. The molecule has 8 heteroatoms. The number of nitrogens with zero attached hydrogens (tertiary/aromatic N) is 1. The second-order valence-electron chi connectivity index (χ2n) is 8.38. The average molecular weight is 458 g/mol. The van der Waals surface area contributed by atoms with E-state index < -0.39 is 6.04 Å². The number of carbonyl (C=O) groups is 2. The Balaban J connectivity index is 1.68. The highest BCUT2D eigenvalue weighted by atomic mass is 19.1. The normalized spacial score (nSPS) is 16.2. The molecule has 0 aliphatic carbocycles. The van der Waals surface area contributed by atoms with Crippen molar-refractivity contribution in [1.82, 2.24) is 15.5 Å². The largest absolute Gasteiger partial charge is 0.497 e. The van der Waals surface area contributed by atoms with Crippen LogP contribution < -0.4 is 15.4 Å². The molecular formula is C25H32FN3O4. The molecule has 2 N–H and O–H groups in total. The molecule has 1 fully saturated rings. The number of ether oxygens (including phenoxy) is 2. The van der Waals surface area contributed by atoms with E-state index in [1.54, 1.807) is 43.5 Å². The van der Waals surface area contributed by atoms with Gasteiger partial charge in [0.25, 0.3) is 5.91 Å². The maximum absolute atomic E-state index is 13.5. The van der Waals surface area contributed by atoms with Crippen molar-refractivity contribution in [3.8, 4) is 5.75 Å². The molecule has 0 radical (unpaired) electrons. The number of nitrogens with one attached hydrogen (secondary N) is 2. The number of carbonyl (C=O) groups excluding carboxylic acids is 2. The fraction of sp³-hybridized carbons (Fsp3) is 0.440. The fourth-order valence-corrected chi connectivity index (χ4v) is 3.84. The van der Waals surface area contributed by atoms with Gasteiger partial charge in [-0.1, -0.05) is 26.0 Å². The Bertz CT molecular complexity index is 912. The SMILES string of the molecule is COc1ccc(C(=O)NC(C(=O)NCC(c2ccc(F)cc2)N2CCOCC2)C(C)C)cc1. The van der Waals surface area contributed by atoms with E-state index in [0.29, 0.717) is 31.1 Å². The van der Waals surface area contributed by atoms with E-state index in [9.17, 15) is 14.0 Å². The van der Waals surface area contributed by atoms with Crippen LogP contribution in [0, 0.1) is 11.7 Å². The Kier molecular flexibility index (Phi) is 8.79. The van der Waals surface area contributed by atoms with Gasteiger partial charge in [-0.15, -0.1) is 0 Å². The molecule has 2 unspecified atom stereocenters. The Morgan fingerprint density at radius 1 is 1.06 bits per heavy atom. The van der Waals surface area contributed by atoms with Crippen LogP contribution in [0.1, 0.15) is 35.8 Å². The zero-order valence-electron chi connectivity index (χ0n) is 19.3. The van der Waals surface area contributed by atoms with Gasteiger partial charge in [-0.05, 0) is 47.9 Å². The molecule has 1 aliphatic heterocycles. The van der Waals surface area contributed by atoms with Crippen molar-refractivity contribution in [2.24, 2.45) is 5.92 Å². The second kappa shape index (κ2) is 11.8.